The molecule has 0 aliphatic rings. The smallest absolute Gasteiger partial charge is 0.242 e. The summed E-state index contributed by atoms with van der Waals surface area (Å²) in [6, 6.07) is 7.40. The molecule has 1 aromatic rings. The minimum absolute atomic E-state index is 0.181. The highest BCUT2D eigenvalue weighted by molar-refractivity contribution is 7.89. The molecule has 0 heterocycles. The monoisotopic (exact) mass is 298 g/mol. The third-order valence-electron chi connectivity index (χ3n) is 3.35. The van der Waals surface area contributed by atoms with Crippen LogP contribution in [0.25, 0.3) is 0 Å². The van der Waals surface area contributed by atoms with Gasteiger partial charge in [0, 0.05) is 19.6 Å². The summed E-state index contributed by atoms with van der Waals surface area (Å²) in [6.07, 6.45) is 0.918. The first-order valence-corrected chi connectivity index (χ1v) is 8.50. The van der Waals surface area contributed by atoms with Crippen LogP contribution in [0, 0.1) is 5.92 Å². The molecule has 20 heavy (non-hydrogen) atoms. The number of hydrogen-bond donors (Lipinski definition) is 1. The summed E-state index contributed by atoms with van der Waals surface area (Å²) in [5, 5.41) is 3.20. The van der Waals surface area contributed by atoms with E-state index in [9.17, 15) is 8.42 Å². The zero-order valence-electron chi connectivity index (χ0n) is 13.1. The second kappa shape index (κ2) is 7.20. The SMILES string of the molecule is CCC(NC)c1cccc(S(=O)(=O)N(C)CC(C)C)c1. The first kappa shape index (κ1) is 17.1. The Bertz CT molecular complexity index is 522. The van der Waals surface area contributed by atoms with Crippen LogP contribution in [0.5, 0.6) is 0 Å². The van der Waals surface area contributed by atoms with Gasteiger partial charge >= 0.3 is 0 Å². The van der Waals surface area contributed by atoms with Crippen LogP contribution in [-0.4, -0.2) is 33.4 Å². The van der Waals surface area contributed by atoms with Crippen LogP contribution >= 0.6 is 0 Å². The average Bonchev–Trinajstić information content (AvgIpc) is 2.39. The summed E-state index contributed by atoms with van der Waals surface area (Å²) >= 11 is 0. The topological polar surface area (TPSA) is 49.4 Å². The van der Waals surface area contributed by atoms with Crippen molar-refractivity contribution in [2.24, 2.45) is 5.92 Å². The lowest BCUT2D eigenvalue weighted by Gasteiger charge is -2.20. The third kappa shape index (κ3) is 4.04. The van der Waals surface area contributed by atoms with Gasteiger partial charge in [0.1, 0.15) is 0 Å². The van der Waals surface area contributed by atoms with Gasteiger partial charge in [0.2, 0.25) is 10.0 Å². The lowest BCUT2D eigenvalue weighted by atomic mass is 10.1. The number of rotatable bonds is 7. The van der Waals surface area contributed by atoms with Gasteiger partial charge in [-0.05, 0) is 37.1 Å². The Morgan fingerprint density at radius 1 is 1.30 bits per heavy atom. The number of nitrogens with one attached hydrogen (secondary N) is 1. The highest BCUT2D eigenvalue weighted by Gasteiger charge is 2.22. The van der Waals surface area contributed by atoms with Crippen LogP contribution in [0.2, 0.25) is 0 Å². The molecule has 0 radical (unpaired) electrons. The summed E-state index contributed by atoms with van der Waals surface area (Å²) in [6.45, 7) is 6.62. The lowest BCUT2D eigenvalue weighted by Crippen LogP contribution is -2.30. The van der Waals surface area contributed by atoms with Crippen molar-refractivity contribution in [3.63, 3.8) is 0 Å². The minimum atomic E-state index is -3.40. The molecule has 0 fully saturated rings. The predicted octanol–water partition coefficient (Wildman–Crippen LogP) is 2.63. The molecule has 0 aliphatic carbocycles. The number of hydrogen-bond acceptors (Lipinski definition) is 3. The van der Waals surface area contributed by atoms with Gasteiger partial charge in [-0.1, -0.05) is 32.9 Å². The largest absolute Gasteiger partial charge is 0.313 e. The highest BCUT2D eigenvalue weighted by Crippen LogP contribution is 2.22. The first-order valence-electron chi connectivity index (χ1n) is 7.06. The van der Waals surface area contributed by atoms with Crippen molar-refractivity contribution in [1.82, 2.24) is 9.62 Å². The van der Waals surface area contributed by atoms with Crippen LogP contribution in [0.1, 0.15) is 38.8 Å². The van der Waals surface area contributed by atoms with Crippen molar-refractivity contribution in [3.05, 3.63) is 29.8 Å². The summed E-state index contributed by atoms with van der Waals surface area (Å²) in [5.41, 5.74) is 1.01. The Morgan fingerprint density at radius 2 is 1.95 bits per heavy atom. The van der Waals surface area contributed by atoms with Gasteiger partial charge in [-0.15, -0.1) is 0 Å². The predicted molar refractivity (Wildman–Crippen MR) is 83.2 cm³/mol. The van der Waals surface area contributed by atoms with E-state index in [1.165, 1.54) is 4.31 Å². The maximum absolute atomic E-state index is 12.5. The molecular weight excluding hydrogens is 272 g/mol. The standard InChI is InChI=1S/C15H26N2O2S/c1-6-15(16-4)13-8-7-9-14(10-13)20(18,19)17(5)11-12(2)3/h7-10,12,15-16H,6,11H2,1-5H3. The van der Waals surface area contributed by atoms with Crippen molar-refractivity contribution in [1.29, 1.82) is 0 Å². The van der Waals surface area contributed by atoms with Crippen LogP contribution in [-0.2, 0) is 10.0 Å². The Labute approximate surface area is 123 Å². The second-order valence-electron chi connectivity index (χ2n) is 5.50. The molecule has 0 spiro atoms. The third-order valence-corrected chi connectivity index (χ3v) is 5.17. The van der Waals surface area contributed by atoms with Gasteiger partial charge in [0.15, 0.2) is 0 Å². The van der Waals surface area contributed by atoms with Crippen molar-refractivity contribution in [2.45, 2.75) is 38.1 Å². The second-order valence-corrected chi connectivity index (χ2v) is 7.55. The van der Waals surface area contributed by atoms with Gasteiger partial charge < -0.3 is 5.32 Å². The average molecular weight is 298 g/mol. The van der Waals surface area contributed by atoms with Gasteiger partial charge in [0.05, 0.1) is 4.90 Å². The summed E-state index contributed by atoms with van der Waals surface area (Å²) in [5.74, 6) is 0.304. The van der Waals surface area contributed by atoms with Gasteiger partial charge in [-0.3, -0.25) is 0 Å². The van der Waals surface area contributed by atoms with E-state index in [1.807, 2.05) is 33.0 Å². The fourth-order valence-electron chi connectivity index (χ4n) is 2.29. The Hall–Kier alpha value is -0.910. The molecule has 1 rings (SSSR count). The van der Waals surface area contributed by atoms with Crippen LogP contribution < -0.4 is 5.32 Å². The Balaban J connectivity index is 3.10. The zero-order valence-corrected chi connectivity index (χ0v) is 13.9. The highest BCUT2D eigenvalue weighted by atomic mass is 32.2. The first-order chi connectivity index (χ1) is 9.32. The molecule has 4 nitrogen and oxygen atoms in total. The molecule has 0 amide bonds. The van der Waals surface area contributed by atoms with Gasteiger partial charge in [0.25, 0.3) is 0 Å². The van der Waals surface area contributed by atoms with Crippen LogP contribution in [0.15, 0.2) is 29.2 Å². The molecule has 114 valence electrons. The normalized spacial score (nSPS) is 13.9. The van der Waals surface area contributed by atoms with E-state index < -0.39 is 10.0 Å². The molecular formula is C15H26N2O2S. The van der Waals surface area contributed by atoms with E-state index in [4.69, 9.17) is 0 Å². The Morgan fingerprint density at radius 3 is 2.45 bits per heavy atom. The number of benzene rings is 1. The van der Waals surface area contributed by atoms with E-state index in [0.717, 1.165) is 12.0 Å². The maximum atomic E-state index is 12.5. The molecule has 1 atom stereocenters. The summed E-state index contributed by atoms with van der Waals surface area (Å²) in [4.78, 5) is 0.367. The van der Waals surface area contributed by atoms with E-state index in [1.54, 1.807) is 19.2 Å². The van der Waals surface area contributed by atoms with E-state index >= 15 is 0 Å². The van der Waals surface area contributed by atoms with Crippen molar-refractivity contribution < 1.29 is 8.42 Å². The Kier molecular flexibility index (Phi) is 6.17. The van der Waals surface area contributed by atoms with Crippen molar-refractivity contribution in [3.8, 4) is 0 Å². The molecule has 1 N–H and O–H groups in total. The van der Waals surface area contributed by atoms with E-state index in [0.29, 0.717) is 17.4 Å². The fourth-order valence-corrected chi connectivity index (χ4v) is 3.68. The fraction of sp³-hybridized carbons (Fsp3) is 0.600. The minimum Gasteiger partial charge on any atom is -0.313 e. The van der Waals surface area contributed by atoms with Gasteiger partial charge in [-0.25, -0.2) is 12.7 Å². The van der Waals surface area contributed by atoms with Gasteiger partial charge in [-0.2, -0.15) is 0 Å². The maximum Gasteiger partial charge on any atom is 0.242 e. The van der Waals surface area contributed by atoms with Crippen LogP contribution in [0.4, 0.5) is 0 Å². The summed E-state index contributed by atoms with van der Waals surface area (Å²) < 4.78 is 26.5. The molecule has 1 aromatic carbocycles. The molecule has 0 bridgehead atoms. The number of nitrogens with zero attached hydrogens (tertiary/aromatic N) is 1. The van der Waals surface area contributed by atoms with Crippen LogP contribution in [0.3, 0.4) is 0 Å². The van der Waals surface area contributed by atoms with E-state index in [2.05, 4.69) is 12.2 Å². The number of sulfonamides is 1. The quantitative estimate of drug-likeness (QED) is 0.842. The molecule has 0 aliphatic heterocycles. The molecule has 5 heteroatoms. The molecule has 0 aromatic heterocycles. The molecule has 1 unspecified atom stereocenters. The van der Waals surface area contributed by atoms with Crippen molar-refractivity contribution in [2.75, 3.05) is 20.6 Å². The van der Waals surface area contributed by atoms with E-state index in [-0.39, 0.29) is 6.04 Å². The molecule has 0 saturated heterocycles. The zero-order chi connectivity index (χ0) is 15.3. The summed E-state index contributed by atoms with van der Waals surface area (Å²) in [7, 11) is 0.124. The van der Waals surface area contributed by atoms with Crippen molar-refractivity contribution >= 4 is 10.0 Å². The molecule has 0 saturated carbocycles. The lowest BCUT2D eigenvalue weighted by molar-refractivity contribution is 0.417.